The normalized spacial score (nSPS) is 12.8. The third-order valence-corrected chi connectivity index (χ3v) is 15.4. The van der Waals surface area contributed by atoms with E-state index in [1.807, 2.05) is 60.7 Å². The van der Waals surface area contributed by atoms with Gasteiger partial charge in [0.1, 0.15) is 0 Å². The summed E-state index contributed by atoms with van der Waals surface area (Å²) in [5, 5.41) is 0.341. The second-order valence-corrected chi connectivity index (χ2v) is 16.8. The molecule has 4 aromatic carbocycles. The third kappa shape index (κ3) is 4.20. The quantitative estimate of drug-likeness (QED) is 0.227. The van der Waals surface area contributed by atoms with Crippen molar-refractivity contribution in [2.24, 2.45) is 0 Å². The third-order valence-electron chi connectivity index (χ3n) is 5.57. The van der Waals surface area contributed by atoms with E-state index in [0.29, 0.717) is 6.16 Å². The molecule has 0 aromatic heterocycles. The Balaban J connectivity index is 2.01. The summed E-state index contributed by atoms with van der Waals surface area (Å²) in [4.78, 5) is 0. The molecule has 0 unspecified atom stereocenters. The topological polar surface area (TPSA) is 9.23 Å². The Bertz CT molecular complexity index is 1090. The van der Waals surface area contributed by atoms with E-state index in [1.165, 1.54) is 0 Å². The van der Waals surface area contributed by atoms with Crippen molar-refractivity contribution in [3.8, 4) is 5.75 Å². The number of ether oxygens (including phenoxy) is 1. The maximum atomic E-state index is 13.0. The van der Waals surface area contributed by atoms with Crippen LogP contribution in [0.15, 0.2) is 109 Å². The first-order valence-electron chi connectivity index (χ1n) is 10.0. The molecule has 0 bridgehead atoms. The second kappa shape index (κ2) is 9.31. The standard InChI is InChI=1S/C26H21BrClF2OP/c27-32(21-10-4-1-5-11-21,22-12-6-2-7-13-22,23-14-8-3-9-15-23)19-20-16-17-24(28)25(18-20)31-26(29)30/h1-18,26H,19H2. The molecule has 0 aliphatic rings. The molecule has 0 aliphatic heterocycles. The van der Waals surface area contributed by atoms with Gasteiger partial charge in [-0.3, -0.25) is 0 Å². The van der Waals surface area contributed by atoms with Crippen molar-refractivity contribution >= 4 is 48.3 Å². The summed E-state index contributed by atoms with van der Waals surface area (Å²) in [6.07, 6.45) is 0.556. The summed E-state index contributed by atoms with van der Waals surface area (Å²) >= 11 is 10.5. The predicted octanol–water partition coefficient (Wildman–Crippen LogP) is 7.28. The fourth-order valence-electron chi connectivity index (χ4n) is 4.11. The van der Waals surface area contributed by atoms with E-state index in [1.54, 1.807) is 12.1 Å². The van der Waals surface area contributed by atoms with Crippen LogP contribution in [0, 0.1) is 0 Å². The van der Waals surface area contributed by atoms with Gasteiger partial charge in [0.2, 0.25) is 0 Å². The Hall–Kier alpha value is -2.26. The van der Waals surface area contributed by atoms with Gasteiger partial charge >= 0.3 is 200 Å². The Morgan fingerprint density at radius 2 is 1.16 bits per heavy atom. The van der Waals surface area contributed by atoms with Gasteiger partial charge in [-0.15, -0.1) is 0 Å². The molecule has 0 spiro atoms. The van der Waals surface area contributed by atoms with Crippen LogP contribution in [-0.2, 0) is 6.16 Å². The van der Waals surface area contributed by atoms with E-state index in [9.17, 15) is 8.78 Å². The number of halogens is 4. The van der Waals surface area contributed by atoms with E-state index in [4.69, 9.17) is 11.6 Å². The predicted molar refractivity (Wildman–Crippen MR) is 136 cm³/mol. The summed E-state index contributed by atoms with van der Waals surface area (Å²) in [5.74, 6) is -0.0223. The summed E-state index contributed by atoms with van der Waals surface area (Å²) < 4.78 is 30.6. The van der Waals surface area contributed by atoms with Gasteiger partial charge in [-0.2, -0.15) is 0 Å². The second-order valence-electron chi connectivity index (χ2n) is 7.49. The van der Waals surface area contributed by atoms with Crippen LogP contribution >= 0.6 is 32.4 Å². The van der Waals surface area contributed by atoms with Crippen LogP contribution in [0.1, 0.15) is 5.56 Å². The van der Waals surface area contributed by atoms with Crippen LogP contribution in [0.3, 0.4) is 0 Å². The van der Waals surface area contributed by atoms with Crippen molar-refractivity contribution in [3.63, 3.8) is 0 Å². The van der Waals surface area contributed by atoms with Crippen LogP contribution in [0.4, 0.5) is 8.78 Å². The molecule has 0 N–H and O–H groups in total. The molecular formula is C26H21BrClF2OP. The molecule has 4 aromatic rings. The summed E-state index contributed by atoms with van der Waals surface area (Å²) in [6.45, 7) is -2.95. The molecular weight excluding hydrogens is 513 g/mol. The van der Waals surface area contributed by atoms with Crippen molar-refractivity contribution in [2.45, 2.75) is 12.8 Å². The molecule has 4 rings (SSSR count). The minimum absolute atomic E-state index is 0.0223. The van der Waals surface area contributed by atoms with E-state index < -0.39 is 11.9 Å². The van der Waals surface area contributed by atoms with Crippen molar-refractivity contribution in [3.05, 3.63) is 120 Å². The van der Waals surface area contributed by atoms with Gasteiger partial charge in [0.25, 0.3) is 0 Å². The van der Waals surface area contributed by atoms with Gasteiger partial charge in [0, 0.05) is 0 Å². The first kappa shape index (κ1) is 22.9. The number of rotatable bonds is 7. The fraction of sp³-hybridized carbons (Fsp3) is 0.0769. The molecule has 32 heavy (non-hydrogen) atoms. The first-order valence-corrected chi connectivity index (χ1v) is 14.9. The molecule has 6 heteroatoms. The molecule has 0 amide bonds. The minimum atomic E-state index is -3.24. The van der Waals surface area contributed by atoms with Crippen molar-refractivity contribution in [1.29, 1.82) is 0 Å². The zero-order valence-electron chi connectivity index (χ0n) is 17.0. The average Bonchev–Trinajstić information content (AvgIpc) is 2.83. The summed E-state index contributed by atoms with van der Waals surface area (Å²) in [6, 6.07) is 36.0. The van der Waals surface area contributed by atoms with Gasteiger partial charge in [-0.25, -0.2) is 0 Å². The molecule has 1 nitrogen and oxygen atoms in total. The average molecular weight is 534 g/mol. The fourth-order valence-corrected chi connectivity index (χ4v) is 12.0. The van der Waals surface area contributed by atoms with Crippen LogP contribution in [0.2, 0.25) is 5.02 Å². The Morgan fingerprint density at radius 3 is 1.56 bits per heavy atom. The van der Waals surface area contributed by atoms with E-state index in [0.717, 1.165) is 21.5 Å². The molecule has 0 radical (unpaired) electrons. The van der Waals surface area contributed by atoms with Gasteiger partial charge in [0.15, 0.2) is 0 Å². The van der Waals surface area contributed by atoms with Gasteiger partial charge in [0.05, 0.1) is 0 Å². The molecule has 0 atom stereocenters. The SMILES string of the molecule is FC(F)Oc1cc(CP(Br)(c2ccccc2)(c2ccccc2)c2ccccc2)ccc1Cl. The van der Waals surface area contributed by atoms with Crippen LogP contribution in [0.5, 0.6) is 5.75 Å². The Labute approximate surface area is 199 Å². The van der Waals surface area contributed by atoms with Crippen LogP contribution in [-0.4, -0.2) is 6.61 Å². The number of hydrogen-bond donors (Lipinski definition) is 0. The monoisotopic (exact) mass is 532 g/mol. The number of hydrogen-bond acceptors (Lipinski definition) is 1. The summed E-state index contributed by atoms with van der Waals surface area (Å²) in [7, 11) is 0. The van der Waals surface area contributed by atoms with Crippen molar-refractivity contribution in [1.82, 2.24) is 0 Å². The van der Waals surface area contributed by atoms with E-state index in [-0.39, 0.29) is 10.8 Å². The maximum absolute atomic E-state index is 13.0. The number of alkyl halides is 2. The molecule has 0 heterocycles. The van der Waals surface area contributed by atoms with Crippen molar-refractivity contribution < 1.29 is 13.5 Å². The van der Waals surface area contributed by atoms with Gasteiger partial charge in [-0.05, 0) is 0 Å². The van der Waals surface area contributed by atoms with Crippen LogP contribution < -0.4 is 20.7 Å². The first-order chi connectivity index (χ1) is 15.4. The van der Waals surface area contributed by atoms with Crippen molar-refractivity contribution in [2.75, 3.05) is 0 Å². The zero-order valence-corrected chi connectivity index (χ0v) is 20.3. The van der Waals surface area contributed by atoms with E-state index >= 15 is 0 Å². The molecule has 164 valence electrons. The molecule has 0 fully saturated rings. The summed E-state index contributed by atoms with van der Waals surface area (Å²) in [5.41, 5.74) is 0.844. The Morgan fingerprint density at radius 1 is 0.719 bits per heavy atom. The molecule has 0 saturated heterocycles. The zero-order chi connectivity index (χ0) is 22.6. The Kier molecular flexibility index (Phi) is 6.67. The van der Waals surface area contributed by atoms with Gasteiger partial charge in [-0.1, -0.05) is 0 Å². The number of benzene rings is 4. The van der Waals surface area contributed by atoms with Crippen LogP contribution in [0.25, 0.3) is 0 Å². The molecule has 0 saturated carbocycles. The van der Waals surface area contributed by atoms with E-state index in [2.05, 4.69) is 56.6 Å². The molecule has 0 aliphatic carbocycles. The van der Waals surface area contributed by atoms with Gasteiger partial charge < -0.3 is 0 Å².